The molecule has 0 aromatic carbocycles. The molecule has 5 heteroatoms. The summed E-state index contributed by atoms with van der Waals surface area (Å²) < 4.78 is 17.4. The highest BCUT2D eigenvalue weighted by atomic mass is 79.9. The van der Waals surface area contributed by atoms with Gasteiger partial charge in [0.25, 0.3) is 0 Å². The van der Waals surface area contributed by atoms with E-state index in [2.05, 4.69) is 6.58 Å². The lowest BCUT2D eigenvalue weighted by Gasteiger charge is -2.41. The molecule has 0 aromatic heterocycles. The lowest BCUT2D eigenvalue weighted by molar-refractivity contribution is -0.934. The van der Waals surface area contributed by atoms with E-state index in [0.717, 1.165) is 57.1 Å². The molecule has 0 unspecified atom stereocenters. The third-order valence-electron chi connectivity index (χ3n) is 3.16. The third-order valence-corrected chi connectivity index (χ3v) is 3.16. The van der Waals surface area contributed by atoms with Crippen LogP contribution in [0.4, 0.5) is 0 Å². The lowest BCUT2D eigenvalue weighted by Crippen LogP contribution is -3.00. The molecule has 0 saturated carbocycles. The molecule has 0 atom stereocenters. The zero-order valence-corrected chi connectivity index (χ0v) is 11.2. The minimum absolute atomic E-state index is 0. The fraction of sp³-hybridized carbons (Fsp3) is 0.818. The summed E-state index contributed by atoms with van der Waals surface area (Å²) in [6.07, 6.45) is 1.96. The number of hydrogen-bond donors (Lipinski definition) is 0. The molecule has 2 fully saturated rings. The molecular formula is C11H20BrNO3. The molecule has 2 heterocycles. The second-order valence-corrected chi connectivity index (χ2v) is 4.23. The predicted octanol–water partition coefficient (Wildman–Crippen LogP) is -2.60. The number of nitrogens with zero attached hydrogens (tertiary/aromatic N) is 1. The minimum atomic E-state index is -0.0250. The fourth-order valence-electron chi connectivity index (χ4n) is 2.27. The van der Waals surface area contributed by atoms with E-state index in [4.69, 9.17) is 14.2 Å². The van der Waals surface area contributed by atoms with Crippen LogP contribution in [0.1, 0.15) is 0 Å². The molecule has 16 heavy (non-hydrogen) atoms. The monoisotopic (exact) mass is 293 g/mol. The summed E-state index contributed by atoms with van der Waals surface area (Å²) in [6.45, 7) is 10.9. The Morgan fingerprint density at radius 1 is 1.12 bits per heavy atom. The Morgan fingerprint density at radius 3 is 2.31 bits per heavy atom. The predicted molar refractivity (Wildman–Crippen MR) is 56.4 cm³/mol. The van der Waals surface area contributed by atoms with E-state index < -0.39 is 0 Å². The van der Waals surface area contributed by atoms with Crippen molar-refractivity contribution in [2.24, 2.45) is 0 Å². The van der Waals surface area contributed by atoms with Crippen molar-refractivity contribution in [3.63, 3.8) is 0 Å². The SMILES string of the molecule is C=CC[N+]1(CC2OCCO2)CCOCC1.[Br-]. The summed E-state index contributed by atoms with van der Waals surface area (Å²) in [5, 5.41) is 0. The van der Waals surface area contributed by atoms with Crippen LogP contribution in [0.5, 0.6) is 0 Å². The standard InChI is InChI=1S/C11H20NO3.BrH/c1-2-3-12(4-6-13-7-5-12)10-11-14-8-9-15-11;/h2,11H,1,3-10H2;1H/q+1;/p-1. The average molecular weight is 294 g/mol. The summed E-state index contributed by atoms with van der Waals surface area (Å²) in [4.78, 5) is 0. The summed E-state index contributed by atoms with van der Waals surface area (Å²) in [7, 11) is 0. The average Bonchev–Trinajstić information content (AvgIpc) is 2.72. The van der Waals surface area contributed by atoms with Crippen LogP contribution in [-0.4, -0.2) is 63.4 Å². The Kier molecular flexibility index (Phi) is 5.92. The number of morpholine rings is 1. The normalized spacial score (nSPS) is 25.0. The van der Waals surface area contributed by atoms with Crippen LogP contribution in [-0.2, 0) is 14.2 Å². The lowest BCUT2D eigenvalue weighted by atomic mass is 10.2. The topological polar surface area (TPSA) is 27.7 Å². The highest BCUT2D eigenvalue weighted by Crippen LogP contribution is 2.16. The molecule has 0 radical (unpaired) electrons. The van der Waals surface area contributed by atoms with E-state index in [1.165, 1.54) is 0 Å². The minimum Gasteiger partial charge on any atom is -1.00 e. The van der Waals surface area contributed by atoms with Crippen molar-refractivity contribution in [2.75, 3.05) is 52.6 Å². The van der Waals surface area contributed by atoms with Crippen molar-refractivity contribution < 1.29 is 35.7 Å². The van der Waals surface area contributed by atoms with Crippen LogP contribution >= 0.6 is 0 Å². The van der Waals surface area contributed by atoms with Crippen LogP contribution in [0.15, 0.2) is 12.7 Å². The first kappa shape index (κ1) is 14.1. The van der Waals surface area contributed by atoms with Crippen molar-refractivity contribution in [2.45, 2.75) is 6.29 Å². The highest BCUT2D eigenvalue weighted by molar-refractivity contribution is 4.68. The molecule has 2 aliphatic heterocycles. The van der Waals surface area contributed by atoms with Gasteiger partial charge >= 0.3 is 0 Å². The second kappa shape index (κ2) is 6.71. The zero-order chi connectivity index (χ0) is 10.6. The Morgan fingerprint density at radius 2 is 1.75 bits per heavy atom. The van der Waals surface area contributed by atoms with Crippen LogP contribution < -0.4 is 17.0 Å². The molecule has 4 nitrogen and oxygen atoms in total. The van der Waals surface area contributed by atoms with Crippen molar-refractivity contribution in [1.29, 1.82) is 0 Å². The van der Waals surface area contributed by atoms with Crippen LogP contribution in [0.2, 0.25) is 0 Å². The largest absolute Gasteiger partial charge is 1.00 e. The van der Waals surface area contributed by atoms with Gasteiger partial charge in [-0.05, 0) is 6.08 Å². The zero-order valence-electron chi connectivity index (χ0n) is 9.57. The van der Waals surface area contributed by atoms with Crippen molar-refractivity contribution >= 4 is 0 Å². The molecule has 0 aliphatic carbocycles. The first-order chi connectivity index (χ1) is 7.35. The second-order valence-electron chi connectivity index (χ2n) is 4.23. The maximum atomic E-state index is 5.51. The van der Waals surface area contributed by atoms with Gasteiger partial charge in [-0.25, -0.2) is 0 Å². The van der Waals surface area contributed by atoms with E-state index >= 15 is 0 Å². The van der Waals surface area contributed by atoms with E-state index in [1.807, 2.05) is 6.08 Å². The summed E-state index contributed by atoms with van der Waals surface area (Å²) in [6, 6.07) is 0. The summed E-state index contributed by atoms with van der Waals surface area (Å²) in [5.74, 6) is 0. The summed E-state index contributed by atoms with van der Waals surface area (Å²) >= 11 is 0. The number of halogens is 1. The van der Waals surface area contributed by atoms with Gasteiger partial charge in [0.1, 0.15) is 19.6 Å². The Labute approximate surface area is 108 Å². The third kappa shape index (κ3) is 3.53. The molecule has 0 spiro atoms. The van der Waals surface area contributed by atoms with Crippen molar-refractivity contribution in [3.05, 3.63) is 12.7 Å². The number of ether oxygens (including phenoxy) is 3. The van der Waals surface area contributed by atoms with E-state index in [0.29, 0.717) is 0 Å². The summed E-state index contributed by atoms with van der Waals surface area (Å²) in [5.41, 5.74) is 0. The van der Waals surface area contributed by atoms with Crippen LogP contribution in [0.3, 0.4) is 0 Å². The van der Waals surface area contributed by atoms with Gasteiger partial charge in [0.2, 0.25) is 6.29 Å². The van der Waals surface area contributed by atoms with Crippen LogP contribution in [0, 0.1) is 0 Å². The van der Waals surface area contributed by atoms with Gasteiger partial charge in [0.05, 0.1) is 33.0 Å². The molecule has 2 saturated heterocycles. The molecule has 0 amide bonds. The van der Waals surface area contributed by atoms with Crippen LogP contribution in [0.25, 0.3) is 0 Å². The van der Waals surface area contributed by atoms with Gasteiger partial charge in [-0.3, -0.25) is 0 Å². The number of hydrogen-bond acceptors (Lipinski definition) is 3. The Balaban J connectivity index is 0.00000128. The van der Waals surface area contributed by atoms with Gasteiger partial charge in [-0.2, -0.15) is 0 Å². The number of rotatable bonds is 4. The molecule has 0 N–H and O–H groups in total. The smallest absolute Gasteiger partial charge is 0.207 e. The number of quaternary nitrogens is 1. The van der Waals surface area contributed by atoms with Gasteiger partial charge in [0.15, 0.2) is 0 Å². The maximum Gasteiger partial charge on any atom is 0.207 e. The molecule has 94 valence electrons. The molecule has 2 aliphatic rings. The van der Waals surface area contributed by atoms with E-state index in [-0.39, 0.29) is 23.3 Å². The molecule has 0 bridgehead atoms. The Bertz CT molecular complexity index is 213. The van der Waals surface area contributed by atoms with E-state index in [1.54, 1.807) is 0 Å². The van der Waals surface area contributed by atoms with Gasteiger partial charge < -0.3 is 35.7 Å². The van der Waals surface area contributed by atoms with Crippen molar-refractivity contribution in [3.8, 4) is 0 Å². The quantitative estimate of drug-likeness (QED) is 0.420. The van der Waals surface area contributed by atoms with Crippen molar-refractivity contribution in [1.82, 2.24) is 0 Å². The first-order valence-corrected chi connectivity index (χ1v) is 5.62. The molecular weight excluding hydrogens is 274 g/mol. The van der Waals surface area contributed by atoms with E-state index in [9.17, 15) is 0 Å². The first-order valence-electron chi connectivity index (χ1n) is 5.62. The van der Waals surface area contributed by atoms with Gasteiger partial charge in [0, 0.05) is 0 Å². The Hall–Kier alpha value is 0.0600. The van der Waals surface area contributed by atoms with Gasteiger partial charge in [-0.15, -0.1) is 0 Å². The molecule has 0 aromatic rings. The fourth-order valence-corrected chi connectivity index (χ4v) is 2.27. The molecule has 2 rings (SSSR count). The van der Waals surface area contributed by atoms with Gasteiger partial charge in [-0.1, -0.05) is 6.58 Å². The highest BCUT2D eigenvalue weighted by Gasteiger charge is 2.34. The maximum absolute atomic E-state index is 5.51.